The predicted molar refractivity (Wildman–Crippen MR) is 56.7 cm³/mol. The molecule has 2 rings (SSSR count). The molecule has 2 aliphatic rings. The van der Waals surface area contributed by atoms with Crippen molar-refractivity contribution in [3.8, 4) is 0 Å². The van der Waals surface area contributed by atoms with Crippen LogP contribution >= 0.6 is 0 Å². The number of aliphatic hydroxyl groups is 1. The van der Waals surface area contributed by atoms with E-state index < -0.39 is 0 Å². The van der Waals surface area contributed by atoms with Crippen LogP contribution in [0.1, 0.15) is 25.7 Å². The minimum Gasteiger partial charge on any atom is -0.394 e. The van der Waals surface area contributed by atoms with Crippen molar-refractivity contribution in [2.75, 3.05) is 20.3 Å². The van der Waals surface area contributed by atoms with Gasteiger partial charge in [0, 0.05) is 13.7 Å². The Kier molecular flexibility index (Phi) is 3.78. The molecule has 0 unspecified atom stereocenters. The predicted octanol–water partition coefficient (Wildman–Crippen LogP) is 0.121. The molecule has 2 fully saturated rings. The van der Waals surface area contributed by atoms with E-state index in [9.17, 15) is 9.90 Å². The summed E-state index contributed by atoms with van der Waals surface area (Å²) in [6.45, 7) is 0.671. The van der Waals surface area contributed by atoms with E-state index in [2.05, 4.69) is 0 Å². The first-order valence-corrected chi connectivity index (χ1v) is 5.86. The molecule has 0 aliphatic carbocycles. The largest absolute Gasteiger partial charge is 0.394 e. The number of nitrogens with zero attached hydrogens (tertiary/aromatic N) is 1. The molecular weight excluding hydrogens is 210 g/mol. The molecule has 2 saturated heterocycles. The second kappa shape index (κ2) is 5.12. The zero-order chi connectivity index (χ0) is 11.5. The van der Waals surface area contributed by atoms with Crippen LogP contribution in [-0.2, 0) is 14.3 Å². The van der Waals surface area contributed by atoms with Crippen LogP contribution in [0.2, 0.25) is 0 Å². The van der Waals surface area contributed by atoms with Gasteiger partial charge < -0.3 is 19.5 Å². The first-order valence-electron chi connectivity index (χ1n) is 5.86. The van der Waals surface area contributed by atoms with E-state index >= 15 is 0 Å². The summed E-state index contributed by atoms with van der Waals surface area (Å²) in [4.78, 5) is 13.1. The van der Waals surface area contributed by atoms with Gasteiger partial charge in [-0.2, -0.15) is 0 Å². The summed E-state index contributed by atoms with van der Waals surface area (Å²) >= 11 is 0. The smallest absolute Gasteiger partial charge is 0.225 e. The van der Waals surface area contributed by atoms with Crippen LogP contribution in [0.5, 0.6) is 0 Å². The number of carbonyl (C=O) groups excluding carboxylic acids is 1. The molecule has 92 valence electrons. The fraction of sp³-hybridized carbons (Fsp3) is 0.909. The van der Waals surface area contributed by atoms with Crippen molar-refractivity contribution in [2.45, 2.75) is 44.1 Å². The standard InChI is InChI=1S/C11H19NO4/c1-12-8(7-13)9(6-10(12)14)16-11-4-2-3-5-15-11/h8-9,11,13H,2-7H2,1H3/t8-,9-,11-/m1/s1. The lowest BCUT2D eigenvalue weighted by Gasteiger charge is -2.29. The van der Waals surface area contributed by atoms with Gasteiger partial charge in [0.25, 0.3) is 0 Å². The van der Waals surface area contributed by atoms with Gasteiger partial charge in [0.05, 0.1) is 25.2 Å². The van der Waals surface area contributed by atoms with Crippen LogP contribution < -0.4 is 0 Å². The molecule has 0 saturated carbocycles. The average Bonchev–Trinajstić information content (AvgIpc) is 2.56. The van der Waals surface area contributed by atoms with Gasteiger partial charge in [0.15, 0.2) is 6.29 Å². The van der Waals surface area contributed by atoms with Gasteiger partial charge in [-0.25, -0.2) is 0 Å². The third kappa shape index (κ3) is 2.36. The molecule has 16 heavy (non-hydrogen) atoms. The maximum Gasteiger partial charge on any atom is 0.225 e. The first kappa shape index (κ1) is 11.8. The van der Waals surface area contributed by atoms with Gasteiger partial charge >= 0.3 is 0 Å². The normalized spacial score (nSPS) is 35.8. The third-order valence-corrected chi connectivity index (χ3v) is 3.35. The molecule has 0 radical (unpaired) electrons. The van der Waals surface area contributed by atoms with Gasteiger partial charge in [-0.1, -0.05) is 0 Å². The van der Waals surface area contributed by atoms with Crippen molar-refractivity contribution in [1.82, 2.24) is 4.90 Å². The number of amides is 1. The number of likely N-dealkylation sites (tertiary alicyclic amines) is 1. The van der Waals surface area contributed by atoms with E-state index in [0.29, 0.717) is 6.42 Å². The van der Waals surface area contributed by atoms with Crippen molar-refractivity contribution in [3.05, 3.63) is 0 Å². The van der Waals surface area contributed by atoms with Crippen LogP contribution in [0.15, 0.2) is 0 Å². The van der Waals surface area contributed by atoms with Gasteiger partial charge in [-0.05, 0) is 19.3 Å². The molecule has 0 aromatic rings. The van der Waals surface area contributed by atoms with Gasteiger partial charge in [-0.3, -0.25) is 4.79 Å². The fourth-order valence-electron chi connectivity index (χ4n) is 2.28. The first-order chi connectivity index (χ1) is 7.72. The molecule has 5 nitrogen and oxygen atoms in total. The highest BCUT2D eigenvalue weighted by Gasteiger charge is 2.39. The SMILES string of the molecule is CN1C(=O)C[C@@H](O[C@@H]2CCCCO2)[C@H]1CO. The van der Waals surface area contributed by atoms with E-state index in [1.807, 2.05) is 0 Å². The summed E-state index contributed by atoms with van der Waals surface area (Å²) < 4.78 is 11.2. The van der Waals surface area contributed by atoms with Crippen LogP contribution in [-0.4, -0.2) is 54.6 Å². The van der Waals surface area contributed by atoms with Gasteiger partial charge in [0.2, 0.25) is 5.91 Å². The lowest BCUT2D eigenvalue weighted by Crippen LogP contribution is -2.40. The molecule has 0 spiro atoms. The molecule has 3 atom stereocenters. The van der Waals surface area contributed by atoms with Gasteiger partial charge in [0.1, 0.15) is 0 Å². The molecule has 0 bridgehead atoms. The summed E-state index contributed by atoms with van der Waals surface area (Å²) in [5.41, 5.74) is 0. The topological polar surface area (TPSA) is 59.0 Å². The van der Waals surface area contributed by atoms with Crippen LogP contribution in [0, 0.1) is 0 Å². The molecule has 1 amide bonds. The highest BCUT2D eigenvalue weighted by Crippen LogP contribution is 2.24. The Morgan fingerprint density at radius 2 is 2.38 bits per heavy atom. The molecular formula is C11H19NO4. The highest BCUT2D eigenvalue weighted by atomic mass is 16.7. The number of carbonyl (C=O) groups is 1. The van der Waals surface area contributed by atoms with E-state index in [4.69, 9.17) is 9.47 Å². The maximum atomic E-state index is 11.5. The summed E-state index contributed by atoms with van der Waals surface area (Å²) in [5, 5.41) is 9.24. The molecule has 2 aliphatic heterocycles. The molecule has 0 aromatic heterocycles. The zero-order valence-corrected chi connectivity index (χ0v) is 9.59. The maximum absolute atomic E-state index is 11.5. The second-order valence-electron chi connectivity index (χ2n) is 4.43. The van der Waals surface area contributed by atoms with Crippen LogP contribution in [0.4, 0.5) is 0 Å². The highest BCUT2D eigenvalue weighted by molar-refractivity contribution is 5.79. The minimum absolute atomic E-state index is 0.0276. The summed E-state index contributed by atoms with van der Waals surface area (Å²) in [7, 11) is 1.70. The second-order valence-corrected chi connectivity index (χ2v) is 4.43. The number of likely N-dealkylation sites (N-methyl/N-ethyl adjacent to an activating group) is 1. The Morgan fingerprint density at radius 1 is 1.56 bits per heavy atom. The third-order valence-electron chi connectivity index (χ3n) is 3.35. The van der Waals surface area contributed by atoms with Crippen molar-refractivity contribution >= 4 is 5.91 Å². The summed E-state index contributed by atoms with van der Waals surface area (Å²) in [5.74, 6) is 0.0276. The van der Waals surface area contributed by atoms with Crippen LogP contribution in [0.25, 0.3) is 0 Å². The lowest BCUT2D eigenvalue weighted by molar-refractivity contribution is -0.193. The van der Waals surface area contributed by atoms with Crippen molar-refractivity contribution in [3.63, 3.8) is 0 Å². The Labute approximate surface area is 95.3 Å². The Balaban J connectivity index is 1.90. The zero-order valence-electron chi connectivity index (χ0n) is 9.59. The van der Waals surface area contributed by atoms with Crippen molar-refractivity contribution in [2.24, 2.45) is 0 Å². The van der Waals surface area contributed by atoms with E-state index in [1.165, 1.54) is 0 Å². The monoisotopic (exact) mass is 229 g/mol. The molecule has 1 N–H and O–H groups in total. The number of rotatable bonds is 3. The quantitative estimate of drug-likeness (QED) is 0.747. The molecule has 5 heteroatoms. The summed E-state index contributed by atoms with van der Waals surface area (Å²) in [6.07, 6.45) is 2.98. The Morgan fingerprint density at radius 3 is 3.00 bits per heavy atom. The summed E-state index contributed by atoms with van der Waals surface area (Å²) in [6, 6.07) is -0.224. The Hall–Kier alpha value is -0.650. The number of ether oxygens (including phenoxy) is 2. The minimum atomic E-state index is -0.231. The molecule has 2 heterocycles. The van der Waals surface area contributed by atoms with Crippen molar-refractivity contribution < 1.29 is 19.4 Å². The fourth-order valence-corrected chi connectivity index (χ4v) is 2.28. The van der Waals surface area contributed by atoms with E-state index in [1.54, 1.807) is 11.9 Å². The number of hydrogen-bond acceptors (Lipinski definition) is 4. The number of aliphatic hydroxyl groups excluding tert-OH is 1. The van der Waals surface area contributed by atoms with E-state index in [-0.39, 0.29) is 30.9 Å². The number of hydrogen-bond donors (Lipinski definition) is 1. The molecule has 0 aromatic carbocycles. The van der Waals surface area contributed by atoms with Crippen LogP contribution in [0.3, 0.4) is 0 Å². The lowest BCUT2D eigenvalue weighted by atomic mass is 10.1. The van der Waals surface area contributed by atoms with Gasteiger partial charge in [-0.15, -0.1) is 0 Å². The Bertz CT molecular complexity index is 252. The van der Waals surface area contributed by atoms with E-state index in [0.717, 1.165) is 25.9 Å². The van der Waals surface area contributed by atoms with Crippen molar-refractivity contribution in [1.29, 1.82) is 0 Å². The average molecular weight is 229 g/mol.